The molecule has 0 unspecified atom stereocenters. The SMILES string of the molecule is CCOC(=O)CC1(S(=O)(=O)N2C[C@@H](C)[C@H](C(=O)O)C2)CC1. The number of sulfonamides is 1. The number of carboxylic acids is 1. The molecule has 0 aromatic rings. The first-order valence-corrected chi connectivity index (χ1v) is 8.55. The monoisotopic (exact) mass is 319 g/mol. The molecule has 1 saturated heterocycles. The molecule has 1 heterocycles. The number of aliphatic carboxylic acids is 1. The van der Waals surface area contributed by atoms with Gasteiger partial charge in [0.15, 0.2) is 0 Å². The second-order valence-electron chi connectivity index (χ2n) is 5.91. The minimum Gasteiger partial charge on any atom is -0.481 e. The fourth-order valence-corrected chi connectivity index (χ4v) is 5.11. The third kappa shape index (κ3) is 2.91. The molecule has 2 atom stereocenters. The molecule has 0 radical (unpaired) electrons. The molecule has 8 heteroatoms. The van der Waals surface area contributed by atoms with E-state index in [2.05, 4.69) is 0 Å². The molecule has 2 rings (SSSR count). The van der Waals surface area contributed by atoms with Gasteiger partial charge in [-0.3, -0.25) is 9.59 Å². The highest BCUT2D eigenvalue weighted by molar-refractivity contribution is 7.90. The van der Waals surface area contributed by atoms with Crippen molar-refractivity contribution >= 4 is 22.0 Å². The highest BCUT2D eigenvalue weighted by Gasteiger charge is 2.59. The minimum absolute atomic E-state index is 0.0105. The number of carboxylic acid groups (broad SMARTS) is 1. The molecular weight excluding hydrogens is 298 g/mol. The number of carbonyl (C=O) groups is 2. The van der Waals surface area contributed by atoms with E-state index >= 15 is 0 Å². The zero-order valence-electron chi connectivity index (χ0n) is 12.2. The van der Waals surface area contributed by atoms with E-state index in [1.165, 1.54) is 4.31 Å². The van der Waals surface area contributed by atoms with Gasteiger partial charge in [-0.05, 0) is 25.7 Å². The zero-order valence-corrected chi connectivity index (χ0v) is 13.1. The van der Waals surface area contributed by atoms with Crippen molar-refractivity contribution in [1.29, 1.82) is 0 Å². The summed E-state index contributed by atoms with van der Waals surface area (Å²) in [6.07, 6.45) is 0.708. The topological polar surface area (TPSA) is 101 Å². The largest absolute Gasteiger partial charge is 0.481 e. The lowest BCUT2D eigenvalue weighted by molar-refractivity contribution is -0.144. The highest BCUT2D eigenvalue weighted by atomic mass is 32.2. The van der Waals surface area contributed by atoms with Crippen LogP contribution in [0.2, 0.25) is 0 Å². The van der Waals surface area contributed by atoms with Crippen LogP contribution in [0.1, 0.15) is 33.1 Å². The maximum Gasteiger partial charge on any atom is 0.308 e. The van der Waals surface area contributed by atoms with Crippen LogP contribution >= 0.6 is 0 Å². The van der Waals surface area contributed by atoms with Gasteiger partial charge in [0.25, 0.3) is 0 Å². The van der Waals surface area contributed by atoms with Gasteiger partial charge in [-0.15, -0.1) is 0 Å². The summed E-state index contributed by atoms with van der Waals surface area (Å²) in [6, 6.07) is 0. The first kappa shape index (κ1) is 16.2. The van der Waals surface area contributed by atoms with E-state index in [0.29, 0.717) is 12.8 Å². The van der Waals surface area contributed by atoms with Gasteiger partial charge in [0.05, 0.1) is 23.7 Å². The zero-order chi connectivity index (χ0) is 15.8. The van der Waals surface area contributed by atoms with Crippen molar-refractivity contribution in [3.63, 3.8) is 0 Å². The summed E-state index contributed by atoms with van der Waals surface area (Å²) >= 11 is 0. The number of esters is 1. The average molecular weight is 319 g/mol. The van der Waals surface area contributed by atoms with Crippen LogP contribution in [0.3, 0.4) is 0 Å². The Morgan fingerprint density at radius 2 is 1.95 bits per heavy atom. The summed E-state index contributed by atoms with van der Waals surface area (Å²) in [5.41, 5.74) is 0. The van der Waals surface area contributed by atoms with Gasteiger partial charge in [-0.25, -0.2) is 12.7 Å². The average Bonchev–Trinajstić information content (AvgIpc) is 3.04. The van der Waals surface area contributed by atoms with Crippen LogP contribution in [0.15, 0.2) is 0 Å². The summed E-state index contributed by atoms with van der Waals surface area (Å²) < 4.78 is 30.4. The van der Waals surface area contributed by atoms with Crippen LogP contribution < -0.4 is 0 Å². The molecule has 0 aromatic carbocycles. The fraction of sp³-hybridized carbons (Fsp3) is 0.846. The molecule has 2 aliphatic rings. The number of hydrogen-bond acceptors (Lipinski definition) is 5. The van der Waals surface area contributed by atoms with E-state index in [-0.39, 0.29) is 32.0 Å². The standard InChI is InChI=1S/C13H21NO6S/c1-3-20-11(15)6-13(4-5-13)21(18,19)14-7-9(2)10(8-14)12(16)17/h9-10H,3-8H2,1-2H3,(H,16,17)/t9-,10-/m1/s1. The smallest absolute Gasteiger partial charge is 0.308 e. The molecule has 1 aliphatic heterocycles. The molecular formula is C13H21NO6S. The van der Waals surface area contributed by atoms with Gasteiger partial charge in [-0.1, -0.05) is 6.92 Å². The minimum atomic E-state index is -3.67. The van der Waals surface area contributed by atoms with E-state index in [9.17, 15) is 18.0 Å². The fourth-order valence-electron chi connectivity index (χ4n) is 2.85. The molecule has 1 N–H and O–H groups in total. The van der Waals surface area contributed by atoms with Gasteiger partial charge in [0.1, 0.15) is 0 Å². The predicted molar refractivity (Wildman–Crippen MR) is 74.0 cm³/mol. The van der Waals surface area contributed by atoms with Crippen LogP contribution in [0.5, 0.6) is 0 Å². The summed E-state index contributed by atoms with van der Waals surface area (Å²) in [5, 5.41) is 9.11. The van der Waals surface area contributed by atoms with Gasteiger partial charge >= 0.3 is 11.9 Å². The number of carbonyl (C=O) groups excluding carboxylic acids is 1. The van der Waals surface area contributed by atoms with Crippen molar-refractivity contribution in [1.82, 2.24) is 4.31 Å². The van der Waals surface area contributed by atoms with Crippen molar-refractivity contribution in [2.75, 3.05) is 19.7 Å². The van der Waals surface area contributed by atoms with Crippen molar-refractivity contribution in [2.45, 2.75) is 37.9 Å². The summed E-state index contributed by atoms with van der Waals surface area (Å²) in [7, 11) is -3.67. The highest BCUT2D eigenvalue weighted by Crippen LogP contribution is 2.49. The Morgan fingerprint density at radius 3 is 2.38 bits per heavy atom. The molecule has 21 heavy (non-hydrogen) atoms. The van der Waals surface area contributed by atoms with E-state index < -0.39 is 32.6 Å². The Morgan fingerprint density at radius 1 is 1.33 bits per heavy atom. The van der Waals surface area contributed by atoms with Gasteiger partial charge in [-0.2, -0.15) is 0 Å². The quantitative estimate of drug-likeness (QED) is 0.714. The Bertz CT molecular complexity index is 539. The van der Waals surface area contributed by atoms with Crippen molar-refractivity contribution in [3.05, 3.63) is 0 Å². The van der Waals surface area contributed by atoms with E-state index in [1.807, 2.05) is 0 Å². The normalized spacial score (nSPS) is 28.3. The molecule has 1 aliphatic carbocycles. The maximum absolute atomic E-state index is 12.7. The first-order chi connectivity index (χ1) is 9.73. The lowest BCUT2D eigenvalue weighted by Gasteiger charge is -2.23. The molecule has 0 aromatic heterocycles. The molecule has 1 saturated carbocycles. The molecule has 120 valence electrons. The third-order valence-electron chi connectivity index (χ3n) is 4.36. The van der Waals surface area contributed by atoms with Crippen molar-refractivity contribution < 1.29 is 27.9 Å². The summed E-state index contributed by atoms with van der Waals surface area (Å²) in [5.74, 6) is -2.40. The Hall–Kier alpha value is -1.15. The Balaban J connectivity index is 2.12. The van der Waals surface area contributed by atoms with E-state index in [0.717, 1.165) is 0 Å². The molecule has 7 nitrogen and oxygen atoms in total. The van der Waals surface area contributed by atoms with Gasteiger partial charge in [0, 0.05) is 13.1 Å². The molecule has 2 fully saturated rings. The Labute approximate surface area is 124 Å². The third-order valence-corrected chi connectivity index (χ3v) is 6.99. The van der Waals surface area contributed by atoms with Crippen LogP contribution in [0, 0.1) is 11.8 Å². The van der Waals surface area contributed by atoms with Crippen molar-refractivity contribution in [3.8, 4) is 0 Å². The van der Waals surface area contributed by atoms with Gasteiger partial charge < -0.3 is 9.84 Å². The predicted octanol–water partition coefficient (Wildman–Crippen LogP) is 0.455. The first-order valence-electron chi connectivity index (χ1n) is 7.11. The van der Waals surface area contributed by atoms with Crippen LogP contribution in [-0.4, -0.2) is 54.2 Å². The Kier molecular flexibility index (Phi) is 4.30. The second-order valence-corrected chi connectivity index (χ2v) is 8.24. The van der Waals surface area contributed by atoms with Crippen LogP contribution in [0.25, 0.3) is 0 Å². The molecule has 0 bridgehead atoms. The molecule has 0 spiro atoms. The second kappa shape index (κ2) is 5.57. The van der Waals surface area contributed by atoms with Crippen LogP contribution in [-0.2, 0) is 24.3 Å². The number of rotatable bonds is 6. The van der Waals surface area contributed by atoms with E-state index in [1.54, 1.807) is 13.8 Å². The number of ether oxygens (including phenoxy) is 1. The van der Waals surface area contributed by atoms with E-state index in [4.69, 9.17) is 9.84 Å². The lowest BCUT2D eigenvalue weighted by Crippen LogP contribution is -2.40. The van der Waals surface area contributed by atoms with Crippen LogP contribution in [0.4, 0.5) is 0 Å². The maximum atomic E-state index is 12.7. The number of nitrogens with zero attached hydrogens (tertiary/aromatic N) is 1. The summed E-state index contributed by atoms with van der Waals surface area (Å²) in [6.45, 7) is 3.81. The lowest BCUT2D eigenvalue weighted by atomic mass is 9.99. The van der Waals surface area contributed by atoms with Gasteiger partial charge in [0.2, 0.25) is 10.0 Å². The number of hydrogen-bond donors (Lipinski definition) is 1. The summed E-state index contributed by atoms with van der Waals surface area (Å²) in [4.78, 5) is 22.7. The van der Waals surface area contributed by atoms with Crippen molar-refractivity contribution in [2.24, 2.45) is 11.8 Å². The molecule has 0 amide bonds.